The number of rotatable bonds is 5. The van der Waals surface area contributed by atoms with Gasteiger partial charge in [-0.1, -0.05) is 19.9 Å². The molecule has 0 fully saturated rings. The van der Waals surface area contributed by atoms with Crippen LogP contribution in [-0.4, -0.2) is 22.5 Å². The summed E-state index contributed by atoms with van der Waals surface area (Å²) in [7, 11) is 0. The van der Waals surface area contributed by atoms with E-state index in [4.69, 9.17) is 5.11 Å². The maximum atomic E-state index is 12.3. The minimum Gasteiger partial charge on any atom is -0.481 e. The molecule has 1 rings (SSSR count). The van der Waals surface area contributed by atoms with E-state index in [-0.39, 0.29) is 18.2 Å². The van der Waals surface area contributed by atoms with Crippen molar-refractivity contribution in [2.45, 2.75) is 39.7 Å². The number of nitrogens with one attached hydrogen (secondary N) is 1. The maximum Gasteiger partial charge on any atom is 0.305 e. The number of carbonyl (C=O) groups is 2. The summed E-state index contributed by atoms with van der Waals surface area (Å²) in [5, 5.41) is 11.9. The second kappa shape index (κ2) is 6.39. The van der Waals surface area contributed by atoms with Gasteiger partial charge in [-0.05, 0) is 53.4 Å². The summed E-state index contributed by atoms with van der Waals surface area (Å²) in [6.07, 6.45) is -0.111. The minimum atomic E-state index is -0.926. The van der Waals surface area contributed by atoms with Crippen LogP contribution in [0.2, 0.25) is 0 Å². The van der Waals surface area contributed by atoms with Gasteiger partial charge in [-0.3, -0.25) is 9.59 Å². The maximum absolute atomic E-state index is 12.3. The third kappa shape index (κ3) is 4.07. The van der Waals surface area contributed by atoms with Gasteiger partial charge < -0.3 is 10.4 Å². The molecular weight excluding hydrogens is 322 g/mol. The molecule has 0 radical (unpaired) electrons. The predicted octanol–water partition coefficient (Wildman–Crippen LogP) is 3.38. The van der Waals surface area contributed by atoms with Gasteiger partial charge in [0.15, 0.2) is 0 Å². The molecule has 110 valence electrons. The highest BCUT2D eigenvalue weighted by atomic mass is 79.9. The van der Waals surface area contributed by atoms with Crippen LogP contribution in [0.3, 0.4) is 0 Å². The van der Waals surface area contributed by atoms with Gasteiger partial charge in [0, 0.05) is 4.47 Å². The van der Waals surface area contributed by atoms with E-state index < -0.39 is 11.5 Å². The zero-order valence-electron chi connectivity index (χ0n) is 12.2. The van der Waals surface area contributed by atoms with Crippen LogP contribution in [0.5, 0.6) is 0 Å². The summed E-state index contributed by atoms with van der Waals surface area (Å²) in [6, 6.07) is 5.44. The first-order chi connectivity index (χ1) is 9.15. The number of carbonyl (C=O) groups excluding carboxylic acids is 1. The van der Waals surface area contributed by atoms with E-state index in [1.54, 1.807) is 13.0 Å². The average Bonchev–Trinajstić information content (AvgIpc) is 2.26. The lowest BCUT2D eigenvalue weighted by Gasteiger charge is -2.33. The van der Waals surface area contributed by atoms with E-state index >= 15 is 0 Å². The number of halogens is 1. The first-order valence-electron chi connectivity index (χ1n) is 6.46. The molecule has 0 spiro atoms. The van der Waals surface area contributed by atoms with Crippen molar-refractivity contribution in [3.05, 3.63) is 33.8 Å². The third-order valence-electron chi connectivity index (χ3n) is 3.56. The largest absolute Gasteiger partial charge is 0.481 e. The second-order valence-corrected chi connectivity index (χ2v) is 6.43. The van der Waals surface area contributed by atoms with Crippen molar-refractivity contribution in [3.63, 3.8) is 0 Å². The topological polar surface area (TPSA) is 66.4 Å². The number of aryl methyl sites for hydroxylation is 1. The number of hydrogen-bond donors (Lipinski definition) is 2. The number of hydrogen-bond acceptors (Lipinski definition) is 2. The summed E-state index contributed by atoms with van der Waals surface area (Å²) in [5.74, 6) is -1.19. The van der Waals surface area contributed by atoms with E-state index in [2.05, 4.69) is 21.2 Å². The van der Waals surface area contributed by atoms with Gasteiger partial charge in [0.25, 0.3) is 5.91 Å². The van der Waals surface area contributed by atoms with Crippen molar-refractivity contribution in [2.75, 3.05) is 0 Å². The van der Waals surface area contributed by atoms with Gasteiger partial charge in [-0.15, -0.1) is 0 Å². The molecule has 1 aromatic carbocycles. The van der Waals surface area contributed by atoms with E-state index in [0.717, 1.165) is 5.56 Å². The highest BCUT2D eigenvalue weighted by molar-refractivity contribution is 9.10. The quantitative estimate of drug-likeness (QED) is 0.862. The smallest absolute Gasteiger partial charge is 0.305 e. The molecule has 0 aliphatic carbocycles. The Hall–Kier alpha value is -1.36. The Labute approximate surface area is 127 Å². The molecule has 0 bridgehead atoms. The lowest BCUT2D eigenvalue weighted by Crippen LogP contribution is -2.51. The number of aliphatic carboxylic acids is 1. The van der Waals surface area contributed by atoms with Crippen molar-refractivity contribution < 1.29 is 14.7 Å². The summed E-state index contributed by atoms with van der Waals surface area (Å²) in [5.41, 5.74) is 0.770. The van der Waals surface area contributed by atoms with Crippen molar-refractivity contribution in [1.82, 2.24) is 5.32 Å². The molecule has 0 aromatic heterocycles. The fourth-order valence-electron chi connectivity index (χ4n) is 1.84. The number of amides is 1. The summed E-state index contributed by atoms with van der Waals surface area (Å²) in [6.45, 7) is 7.49. The highest BCUT2D eigenvalue weighted by Gasteiger charge is 2.33. The normalized spacial score (nSPS) is 13.9. The Morgan fingerprint density at radius 2 is 2.00 bits per heavy atom. The molecule has 0 heterocycles. The van der Waals surface area contributed by atoms with Gasteiger partial charge >= 0.3 is 5.97 Å². The van der Waals surface area contributed by atoms with Crippen molar-refractivity contribution in [3.8, 4) is 0 Å². The molecule has 5 heteroatoms. The number of carboxylic acids is 1. The summed E-state index contributed by atoms with van der Waals surface area (Å²) < 4.78 is 0.705. The molecule has 0 aliphatic heterocycles. The number of benzene rings is 1. The Balaban J connectivity index is 2.99. The van der Waals surface area contributed by atoms with Gasteiger partial charge in [-0.2, -0.15) is 0 Å². The fraction of sp³-hybridized carbons (Fsp3) is 0.467. The van der Waals surface area contributed by atoms with Crippen LogP contribution in [-0.2, 0) is 4.79 Å². The first kappa shape index (κ1) is 16.7. The van der Waals surface area contributed by atoms with Crippen molar-refractivity contribution in [1.29, 1.82) is 0 Å². The van der Waals surface area contributed by atoms with Gasteiger partial charge in [-0.25, -0.2) is 0 Å². The lowest BCUT2D eigenvalue weighted by molar-refractivity contribution is -0.138. The number of carboxylic acid groups (broad SMARTS) is 1. The Morgan fingerprint density at radius 1 is 1.40 bits per heavy atom. The molecular formula is C15H20BrNO3. The first-order valence-corrected chi connectivity index (χ1v) is 7.25. The monoisotopic (exact) mass is 341 g/mol. The van der Waals surface area contributed by atoms with Crippen LogP contribution >= 0.6 is 15.9 Å². The van der Waals surface area contributed by atoms with E-state index in [9.17, 15) is 9.59 Å². The summed E-state index contributed by atoms with van der Waals surface area (Å²) in [4.78, 5) is 23.3. The predicted molar refractivity (Wildman–Crippen MR) is 81.8 cm³/mol. The van der Waals surface area contributed by atoms with Crippen molar-refractivity contribution in [2.24, 2.45) is 5.92 Å². The molecule has 1 unspecified atom stereocenters. The molecule has 2 N–H and O–H groups in total. The van der Waals surface area contributed by atoms with E-state index in [0.29, 0.717) is 10.0 Å². The van der Waals surface area contributed by atoms with Crippen LogP contribution < -0.4 is 5.32 Å². The third-order valence-corrected chi connectivity index (χ3v) is 4.22. The molecule has 1 aromatic rings. The Morgan fingerprint density at radius 3 is 2.45 bits per heavy atom. The van der Waals surface area contributed by atoms with E-state index in [1.165, 1.54) is 0 Å². The SMILES string of the molecule is Cc1ccc(C(=O)NC(C)(CC(=O)O)C(C)C)c(Br)c1. The average molecular weight is 342 g/mol. The molecule has 0 saturated carbocycles. The molecule has 0 saturated heterocycles. The molecule has 0 aliphatic rings. The van der Waals surface area contributed by atoms with Crippen LogP contribution in [0, 0.1) is 12.8 Å². The summed E-state index contributed by atoms with van der Waals surface area (Å²) >= 11 is 3.37. The molecule has 20 heavy (non-hydrogen) atoms. The van der Waals surface area contributed by atoms with Gasteiger partial charge in [0.1, 0.15) is 0 Å². The molecule has 4 nitrogen and oxygen atoms in total. The van der Waals surface area contributed by atoms with Crippen molar-refractivity contribution >= 4 is 27.8 Å². The standard InChI is InChI=1S/C15H20BrNO3/c1-9(2)15(4,8-13(18)19)17-14(20)11-6-5-10(3)7-12(11)16/h5-7,9H,8H2,1-4H3,(H,17,20)(H,18,19). The highest BCUT2D eigenvalue weighted by Crippen LogP contribution is 2.24. The fourth-order valence-corrected chi connectivity index (χ4v) is 2.51. The van der Waals surface area contributed by atoms with Crippen LogP contribution in [0.25, 0.3) is 0 Å². The van der Waals surface area contributed by atoms with Gasteiger partial charge in [0.2, 0.25) is 0 Å². The lowest BCUT2D eigenvalue weighted by atomic mass is 9.85. The zero-order valence-corrected chi connectivity index (χ0v) is 13.7. The van der Waals surface area contributed by atoms with Crippen LogP contribution in [0.4, 0.5) is 0 Å². The van der Waals surface area contributed by atoms with E-state index in [1.807, 2.05) is 32.9 Å². The van der Waals surface area contributed by atoms with Gasteiger partial charge in [0.05, 0.1) is 17.5 Å². The van der Waals surface area contributed by atoms with Crippen LogP contribution in [0.1, 0.15) is 43.1 Å². The Kier molecular flexibility index (Phi) is 5.34. The molecule has 1 atom stereocenters. The minimum absolute atomic E-state index is 0.00627. The zero-order chi connectivity index (χ0) is 15.5. The Bertz CT molecular complexity index is 528. The second-order valence-electron chi connectivity index (χ2n) is 5.58. The molecule has 1 amide bonds. The van der Waals surface area contributed by atoms with Crippen LogP contribution in [0.15, 0.2) is 22.7 Å².